The number of aliphatic imine (C=N–C) groups is 1. The minimum Gasteiger partial charge on any atom is -0.478 e. The van der Waals surface area contributed by atoms with Crippen LogP contribution in [0.3, 0.4) is 0 Å². The van der Waals surface area contributed by atoms with Crippen LogP contribution in [0.25, 0.3) is 0 Å². The van der Waals surface area contributed by atoms with Gasteiger partial charge in [0.05, 0.1) is 17.0 Å². The van der Waals surface area contributed by atoms with E-state index >= 15 is 0 Å². The second-order valence-electron chi connectivity index (χ2n) is 5.14. The van der Waals surface area contributed by atoms with E-state index in [-0.39, 0.29) is 18.0 Å². The molecule has 0 spiro atoms. The van der Waals surface area contributed by atoms with Crippen molar-refractivity contribution in [2.45, 2.75) is 6.92 Å². The number of aryl methyl sites for hydroxylation is 1. The zero-order valence-electron chi connectivity index (χ0n) is 12.0. The molecule has 0 unspecified atom stereocenters. The highest BCUT2D eigenvalue weighted by molar-refractivity contribution is 6.19. The minimum absolute atomic E-state index is 0.0454. The van der Waals surface area contributed by atoms with Gasteiger partial charge in [-0.2, -0.15) is 0 Å². The molecule has 110 valence electrons. The van der Waals surface area contributed by atoms with E-state index in [9.17, 15) is 9.59 Å². The fourth-order valence-corrected chi connectivity index (χ4v) is 2.41. The Morgan fingerprint density at radius 2 is 1.91 bits per heavy atom. The third kappa shape index (κ3) is 2.61. The second-order valence-corrected chi connectivity index (χ2v) is 5.14. The number of carbonyl (C=O) groups excluding carboxylic acids is 1. The number of hydrogen-bond acceptors (Lipinski definition) is 3. The van der Waals surface area contributed by atoms with Gasteiger partial charge in [-0.1, -0.05) is 23.8 Å². The number of benzene rings is 2. The van der Waals surface area contributed by atoms with Crippen molar-refractivity contribution in [1.82, 2.24) is 0 Å². The van der Waals surface area contributed by atoms with Crippen molar-refractivity contribution in [3.05, 3.63) is 64.7 Å². The highest BCUT2D eigenvalue weighted by Gasteiger charge is 2.18. The summed E-state index contributed by atoms with van der Waals surface area (Å²) in [5, 5.41) is 11.8. The van der Waals surface area contributed by atoms with Gasteiger partial charge >= 0.3 is 5.97 Å². The Morgan fingerprint density at radius 1 is 1.18 bits per heavy atom. The molecule has 2 N–H and O–H groups in total. The number of benzodiazepines with no additional fused rings is 1. The molecule has 0 atom stereocenters. The van der Waals surface area contributed by atoms with E-state index in [1.807, 2.05) is 25.1 Å². The first-order chi connectivity index (χ1) is 10.5. The molecule has 0 aliphatic carbocycles. The van der Waals surface area contributed by atoms with E-state index < -0.39 is 5.97 Å². The van der Waals surface area contributed by atoms with E-state index in [0.29, 0.717) is 11.4 Å². The predicted octanol–water partition coefficient (Wildman–Crippen LogP) is 2.48. The Labute approximate surface area is 127 Å². The summed E-state index contributed by atoms with van der Waals surface area (Å²) in [6, 6.07) is 12.2. The zero-order valence-corrected chi connectivity index (χ0v) is 12.0. The predicted molar refractivity (Wildman–Crippen MR) is 83.7 cm³/mol. The number of hydrogen-bond donors (Lipinski definition) is 2. The van der Waals surface area contributed by atoms with Crippen LogP contribution in [0.15, 0.2) is 47.5 Å². The Kier molecular flexibility index (Phi) is 3.47. The second kappa shape index (κ2) is 5.44. The van der Waals surface area contributed by atoms with Gasteiger partial charge in [-0.05, 0) is 31.2 Å². The molecule has 2 aromatic rings. The van der Waals surface area contributed by atoms with Crippen LogP contribution in [0.1, 0.15) is 27.0 Å². The standard InChI is InChI=1S/C17H14N2O3/c1-10-2-7-14-13(8-10)16(18-9-15(20)19-14)11-3-5-12(6-4-11)17(21)22/h2-8H,9H2,1H3,(H,19,20)(H,21,22). The molecule has 0 fully saturated rings. The molecule has 1 aliphatic heterocycles. The largest absolute Gasteiger partial charge is 0.478 e. The van der Waals surface area contributed by atoms with E-state index in [2.05, 4.69) is 10.3 Å². The van der Waals surface area contributed by atoms with Crippen molar-refractivity contribution < 1.29 is 14.7 Å². The van der Waals surface area contributed by atoms with E-state index in [1.165, 1.54) is 12.1 Å². The molecule has 2 aromatic carbocycles. The number of nitrogens with zero attached hydrogens (tertiary/aromatic N) is 1. The zero-order chi connectivity index (χ0) is 15.7. The summed E-state index contributed by atoms with van der Waals surface area (Å²) in [5.74, 6) is -1.13. The first-order valence-corrected chi connectivity index (χ1v) is 6.83. The minimum atomic E-state index is -0.970. The van der Waals surface area contributed by atoms with Crippen molar-refractivity contribution in [3.8, 4) is 0 Å². The van der Waals surface area contributed by atoms with Gasteiger partial charge in [0, 0.05) is 11.1 Å². The van der Waals surface area contributed by atoms with Gasteiger partial charge in [-0.3, -0.25) is 9.79 Å². The summed E-state index contributed by atoms with van der Waals surface area (Å²) >= 11 is 0. The lowest BCUT2D eigenvalue weighted by Gasteiger charge is -2.11. The maximum atomic E-state index is 11.8. The molecule has 5 heteroatoms. The van der Waals surface area contributed by atoms with Gasteiger partial charge < -0.3 is 10.4 Å². The van der Waals surface area contributed by atoms with Crippen molar-refractivity contribution in [2.75, 3.05) is 11.9 Å². The van der Waals surface area contributed by atoms with Crippen LogP contribution >= 0.6 is 0 Å². The van der Waals surface area contributed by atoms with Gasteiger partial charge in [0.25, 0.3) is 0 Å². The monoisotopic (exact) mass is 294 g/mol. The summed E-state index contributed by atoms with van der Waals surface area (Å²) in [5.41, 5.74) is 4.31. The number of carbonyl (C=O) groups is 2. The van der Waals surface area contributed by atoms with Crippen LogP contribution in [-0.2, 0) is 4.79 Å². The van der Waals surface area contributed by atoms with Crippen LogP contribution in [0.2, 0.25) is 0 Å². The van der Waals surface area contributed by atoms with Crippen LogP contribution in [0, 0.1) is 6.92 Å². The van der Waals surface area contributed by atoms with Crippen LogP contribution in [-0.4, -0.2) is 29.2 Å². The summed E-state index contributed by atoms with van der Waals surface area (Å²) in [4.78, 5) is 27.1. The highest BCUT2D eigenvalue weighted by atomic mass is 16.4. The molecule has 0 saturated carbocycles. The van der Waals surface area contributed by atoms with E-state index in [1.54, 1.807) is 12.1 Å². The number of anilines is 1. The average molecular weight is 294 g/mol. The van der Waals surface area contributed by atoms with Crippen LogP contribution in [0.4, 0.5) is 5.69 Å². The van der Waals surface area contributed by atoms with Gasteiger partial charge in [0.1, 0.15) is 6.54 Å². The lowest BCUT2D eigenvalue weighted by Crippen LogP contribution is -2.13. The smallest absolute Gasteiger partial charge is 0.335 e. The lowest BCUT2D eigenvalue weighted by atomic mass is 9.98. The summed E-state index contributed by atoms with van der Waals surface area (Å²) < 4.78 is 0. The molecule has 1 amide bonds. The van der Waals surface area contributed by atoms with Crippen LogP contribution in [0.5, 0.6) is 0 Å². The topological polar surface area (TPSA) is 78.8 Å². The Morgan fingerprint density at radius 3 is 2.59 bits per heavy atom. The molecule has 22 heavy (non-hydrogen) atoms. The third-order valence-electron chi connectivity index (χ3n) is 3.49. The summed E-state index contributed by atoms with van der Waals surface area (Å²) in [7, 11) is 0. The van der Waals surface area contributed by atoms with Crippen molar-refractivity contribution in [3.63, 3.8) is 0 Å². The Hall–Kier alpha value is -2.95. The fourth-order valence-electron chi connectivity index (χ4n) is 2.41. The molecule has 0 radical (unpaired) electrons. The Bertz CT molecular complexity index is 792. The first-order valence-electron chi connectivity index (χ1n) is 6.83. The number of fused-ring (bicyclic) bond motifs is 1. The molecule has 1 heterocycles. The number of carboxylic acids is 1. The van der Waals surface area contributed by atoms with Crippen LogP contribution < -0.4 is 5.32 Å². The van der Waals surface area contributed by atoms with Crippen molar-refractivity contribution >= 4 is 23.3 Å². The number of rotatable bonds is 2. The molecule has 5 nitrogen and oxygen atoms in total. The molecule has 0 saturated heterocycles. The van der Waals surface area contributed by atoms with Crippen molar-refractivity contribution in [2.24, 2.45) is 4.99 Å². The summed E-state index contributed by atoms with van der Waals surface area (Å²) in [6.07, 6.45) is 0. The number of aromatic carboxylic acids is 1. The van der Waals surface area contributed by atoms with E-state index in [4.69, 9.17) is 5.11 Å². The van der Waals surface area contributed by atoms with Gasteiger partial charge in [0.2, 0.25) is 5.91 Å². The first kappa shape index (κ1) is 14.0. The van der Waals surface area contributed by atoms with E-state index in [0.717, 1.165) is 16.7 Å². The van der Waals surface area contributed by atoms with Gasteiger partial charge in [-0.15, -0.1) is 0 Å². The maximum Gasteiger partial charge on any atom is 0.335 e. The SMILES string of the molecule is Cc1ccc2c(c1)C(c1ccc(C(=O)O)cc1)=NCC(=O)N2. The van der Waals surface area contributed by atoms with Gasteiger partial charge in [-0.25, -0.2) is 4.79 Å². The molecule has 0 bridgehead atoms. The normalized spacial score (nSPS) is 13.7. The summed E-state index contributed by atoms with van der Waals surface area (Å²) in [6.45, 7) is 2.02. The molecule has 3 rings (SSSR count). The highest BCUT2D eigenvalue weighted by Crippen LogP contribution is 2.24. The molecule has 0 aromatic heterocycles. The maximum absolute atomic E-state index is 11.8. The number of nitrogens with one attached hydrogen (secondary N) is 1. The third-order valence-corrected chi connectivity index (χ3v) is 3.49. The number of carboxylic acid groups (broad SMARTS) is 1. The van der Waals surface area contributed by atoms with Gasteiger partial charge in [0.15, 0.2) is 0 Å². The van der Waals surface area contributed by atoms with Crippen molar-refractivity contribution in [1.29, 1.82) is 0 Å². The molecular formula is C17H14N2O3. The quantitative estimate of drug-likeness (QED) is 0.893. The Balaban J connectivity index is 2.11. The average Bonchev–Trinajstić information content (AvgIpc) is 2.66. The molecular weight excluding hydrogens is 280 g/mol. The number of amides is 1. The lowest BCUT2D eigenvalue weighted by molar-refractivity contribution is -0.114. The molecule has 1 aliphatic rings. The fraction of sp³-hybridized carbons (Fsp3) is 0.118.